The van der Waals surface area contributed by atoms with Crippen LogP contribution in [0.25, 0.3) is 0 Å². The lowest BCUT2D eigenvalue weighted by Crippen LogP contribution is -2.37. The number of alkyl halides is 3. The van der Waals surface area contributed by atoms with Crippen molar-refractivity contribution in [3.8, 4) is 0 Å². The fraction of sp³-hybridized carbons (Fsp3) is 0.364. The van der Waals surface area contributed by atoms with Crippen molar-refractivity contribution in [2.75, 3.05) is 11.0 Å². The molecule has 1 heterocycles. The predicted molar refractivity (Wildman–Crippen MR) is 112 cm³/mol. The molecule has 1 aliphatic heterocycles. The van der Waals surface area contributed by atoms with E-state index < -0.39 is 39.0 Å². The first-order valence-corrected chi connectivity index (χ1v) is 11.7. The summed E-state index contributed by atoms with van der Waals surface area (Å²) in [6, 6.07) is 7.57. The summed E-state index contributed by atoms with van der Waals surface area (Å²) in [7, 11) is -3.41. The van der Waals surface area contributed by atoms with Crippen LogP contribution in [0.3, 0.4) is 0 Å². The van der Waals surface area contributed by atoms with E-state index in [0.717, 1.165) is 24.0 Å². The van der Waals surface area contributed by atoms with Gasteiger partial charge < -0.3 is 10.4 Å². The SMILES string of the molecule is Cc1cc([C@@H]2NC(C3CC3(C)c3ccc(C(F)(F)F)c(F)c3)=C2O)ccc1NS(C)(=O)=O. The average Bonchev–Trinajstić information content (AvgIpc) is 3.32. The molecule has 32 heavy (non-hydrogen) atoms. The summed E-state index contributed by atoms with van der Waals surface area (Å²) in [5.41, 5.74) is 1.04. The molecule has 0 spiro atoms. The summed E-state index contributed by atoms with van der Waals surface area (Å²) in [5, 5.41) is 13.8. The molecule has 0 saturated heterocycles. The largest absolute Gasteiger partial charge is 0.508 e. The number of aliphatic hydroxyl groups excluding tert-OH is 1. The monoisotopic (exact) mass is 470 g/mol. The van der Waals surface area contributed by atoms with Gasteiger partial charge in [-0.25, -0.2) is 12.8 Å². The molecule has 0 aromatic heterocycles. The zero-order valence-electron chi connectivity index (χ0n) is 17.5. The third-order valence-corrected chi connectivity index (χ3v) is 6.84. The second-order valence-electron chi connectivity index (χ2n) is 8.69. The van der Waals surface area contributed by atoms with Crippen LogP contribution in [-0.4, -0.2) is 19.8 Å². The lowest BCUT2D eigenvalue weighted by Gasteiger charge is -2.34. The Morgan fingerprint density at radius 1 is 1.19 bits per heavy atom. The zero-order chi connectivity index (χ0) is 23.6. The Kier molecular flexibility index (Phi) is 5.00. The maximum Gasteiger partial charge on any atom is 0.419 e. The van der Waals surface area contributed by atoms with Gasteiger partial charge in [-0.2, -0.15) is 13.2 Å². The topological polar surface area (TPSA) is 78.4 Å². The molecule has 0 amide bonds. The van der Waals surface area contributed by atoms with E-state index in [-0.39, 0.29) is 11.7 Å². The molecule has 10 heteroatoms. The molecule has 2 aliphatic rings. The summed E-state index contributed by atoms with van der Waals surface area (Å²) in [4.78, 5) is 0. The Morgan fingerprint density at radius 2 is 1.88 bits per heavy atom. The summed E-state index contributed by atoms with van der Waals surface area (Å²) in [6.45, 7) is 3.57. The second-order valence-corrected chi connectivity index (χ2v) is 10.4. The first kappa shape index (κ1) is 22.4. The molecular formula is C22H22F4N2O3S. The Hall–Kier alpha value is -2.75. The maximum absolute atomic E-state index is 14.0. The summed E-state index contributed by atoms with van der Waals surface area (Å²) >= 11 is 0. The number of rotatable bonds is 5. The number of hydrogen-bond donors (Lipinski definition) is 3. The first-order valence-electron chi connectivity index (χ1n) is 9.86. The number of anilines is 1. The Bertz CT molecular complexity index is 1240. The molecule has 3 atom stereocenters. The molecule has 1 aliphatic carbocycles. The molecule has 172 valence electrons. The number of benzene rings is 2. The van der Waals surface area contributed by atoms with Crippen molar-refractivity contribution in [2.24, 2.45) is 5.92 Å². The highest BCUT2D eigenvalue weighted by Gasteiger charge is 2.57. The number of nitrogens with one attached hydrogen (secondary N) is 2. The molecular weight excluding hydrogens is 448 g/mol. The van der Waals surface area contributed by atoms with Crippen molar-refractivity contribution in [3.05, 3.63) is 75.9 Å². The smallest absolute Gasteiger partial charge is 0.419 e. The van der Waals surface area contributed by atoms with Crippen molar-refractivity contribution < 1.29 is 31.1 Å². The van der Waals surface area contributed by atoms with Crippen molar-refractivity contribution in [3.63, 3.8) is 0 Å². The lowest BCUT2D eigenvalue weighted by molar-refractivity contribution is -0.140. The zero-order valence-corrected chi connectivity index (χ0v) is 18.3. The van der Waals surface area contributed by atoms with Crippen LogP contribution in [0.5, 0.6) is 0 Å². The van der Waals surface area contributed by atoms with Crippen molar-refractivity contribution in [1.82, 2.24) is 5.32 Å². The first-order chi connectivity index (χ1) is 14.7. The molecule has 3 N–H and O–H groups in total. The molecule has 5 nitrogen and oxygen atoms in total. The van der Waals surface area contributed by atoms with Crippen molar-refractivity contribution >= 4 is 15.7 Å². The van der Waals surface area contributed by atoms with Crippen LogP contribution < -0.4 is 10.0 Å². The van der Waals surface area contributed by atoms with Gasteiger partial charge in [-0.3, -0.25) is 4.72 Å². The van der Waals surface area contributed by atoms with E-state index in [4.69, 9.17) is 0 Å². The van der Waals surface area contributed by atoms with Gasteiger partial charge in [0.25, 0.3) is 0 Å². The van der Waals surface area contributed by atoms with Crippen LogP contribution in [0.4, 0.5) is 23.2 Å². The van der Waals surface area contributed by atoms with E-state index in [1.54, 1.807) is 25.1 Å². The highest BCUT2D eigenvalue weighted by molar-refractivity contribution is 7.92. The third-order valence-electron chi connectivity index (χ3n) is 6.25. The van der Waals surface area contributed by atoms with Crippen LogP contribution >= 0.6 is 0 Å². The molecule has 1 fully saturated rings. The highest BCUT2D eigenvalue weighted by atomic mass is 32.2. The predicted octanol–water partition coefficient (Wildman–Crippen LogP) is 4.92. The Labute approximate surface area is 183 Å². The second kappa shape index (κ2) is 7.13. The molecule has 4 rings (SSSR count). The van der Waals surface area contributed by atoms with Gasteiger partial charge in [0, 0.05) is 11.3 Å². The highest BCUT2D eigenvalue weighted by Crippen LogP contribution is 2.60. The van der Waals surface area contributed by atoms with E-state index in [9.17, 15) is 31.1 Å². The van der Waals surface area contributed by atoms with Crippen LogP contribution in [0.15, 0.2) is 47.9 Å². The molecule has 2 aromatic carbocycles. The molecule has 0 bridgehead atoms. The van der Waals surface area contributed by atoms with E-state index in [1.807, 2.05) is 6.92 Å². The molecule has 2 aromatic rings. The standard InChI is InChI=1S/C22H22F4N2O3S/c1-11-8-12(4-7-17(11)28-32(3,30)31)18-20(29)19(27-18)15-10-21(15,2)13-5-6-14(16(23)9-13)22(24,25)26/h4-9,15,18,27-29H,10H2,1-3H3/t15?,18-,21?/m0/s1. The van der Waals surface area contributed by atoms with Crippen LogP contribution in [0.2, 0.25) is 0 Å². The van der Waals surface area contributed by atoms with Gasteiger partial charge >= 0.3 is 6.18 Å². The van der Waals surface area contributed by atoms with Gasteiger partial charge in [0.05, 0.1) is 23.2 Å². The normalized spacial score (nSPS) is 25.2. The molecule has 0 radical (unpaired) electrons. The molecule has 2 unspecified atom stereocenters. The number of aryl methyl sites for hydroxylation is 1. The van der Waals surface area contributed by atoms with Gasteiger partial charge in [-0.05, 0) is 48.2 Å². The number of aliphatic hydroxyl groups is 1. The van der Waals surface area contributed by atoms with E-state index in [0.29, 0.717) is 28.9 Å². The average molecular weight is 470 g/mol. The van der Waals surface area contributed by atoms with E-state index in [2.05, 4.69) is 10.0 Å². The van der Waals surface area contributed by atoms with Gasteiger partial charge in [0.15, 0.2) is 0 Å². The van der Waals surface area contributed by atoms with Crippen LogP contribution in [-0.2, 0) is 21.6 Å². The van der Waals surface area contributed by atoms with Gasteiger partial charge in [-0.15, -0.1) is 0 Å². The number of hydrogen-bond acceptors (Lipinski definition) is 4. The number of allylic oxidation sites excluding steroid dienone is 1. The van der Waals surface area contributed by atoms with Crippen molar-refractivity contribution in [1.29, 1.82) is 0 Å². The van der Waals surface area contributed by atoms with Gasteiger partial charge in [0.2, 0.25) is 10.0 Å². The maximum atomic E-state index is 14.0. The van der Waals surface area contributed by atoms with Gasteiger partial charge in [-0.1, -0.05) is 25.1 Å². The molecule has 1 saturated carbocycles. The van der Waals surface area contributed by atoms with Crippen LogP contribution in [0, 0.1) is 18.7 Å². The number of sulfonamides is 1. The van der Waals surface area contributed by atoms with Gasteiger partial charge in [0.1, 0.15) is 17.6 Å². The summed E-state index contributed by atoms with van der Waals surface area (Å²) in [6.07, 6.45) is -3.13. The third kappa shape index (κ3) is 3.92. The fourth-order valence-electron chi connectivity index (χ4n) is 4.28. The van der Waals surface area contributed by atoms with Crippen molar-refractivity contribution in [2.45, 2.75) is 37.9 Å². The number of halogens is 4. The minimum atomic E-state index is -4.75. The van der Waals surface area contributed by atoms with Crippen LogP contribution in [0.1, 0.15) is 41.6 Å². The van der Waals surface area contributed by atoms with E-state index >= 15 is 0 Å². The van der Waals surface area contributed by atoms with E-state index in [1.165, 1.54) is 6.07 Å². The Balaban J connectivity index is 1.52. The fourth-order valence-corrected chi connectivity index (χ4v) is 4.91. The lowest BCUT2D eigenvalue weighted by atomic mass is 9.88. The minimum absolute atomic E-state index is 0.120. The summed E-state index contributed by atoms with van der Waals surface area (Å²) < 4.78 is 77.8. The quantitative estimate of drug-likeness (QED) is 0.543. The minimum Gasteiger partial charge on any atom is -0.508 e. The summed E-state index contributed by atoms with van der Waals surface area (Å²) in [5.74, 6) is -1.35. The Morgan fingerprint density at radius 3 is 2.41 bits per heavy atom.